The molecule has 0 aromatic heterocycles. The van der Waals surface area contributed by atoms with Crippen molar-refractivity contribution >= 4 is 32.6 Å². The number of carboxylic acids is 2. The van der Waals surface area contributed by atoms with E-state index in [1.807, 2.05) is 6.92 Å². The van der Waals surface area contributed by atoms with Crippen molar-refractivity contribution in [2.24, 2.45) is 17.8 Å². The average molecular weight is 470 g/mol. The Kier molecular flexibility index (Phi) is 7.74. The van der Waals surface area contributed by atoms with E-state index in [1.54, 1.807) is 0 Å². The minimum Gasteiger partial charge on any atom is -0.478 e. The molecule has 3 rings (SSSR count). The number of aliphatic carboxylic acids is 2. The van der Waals surface area contributed by atoms with Gasteiger partial charge in [0.15, 0.2) is 0 Å². The second-order valence-electron chi connectivity index (χ2n) is 8.62. The first-order chi connectivity index (χ1) is 13.4. The molecule has 0 bridgehead atoms. The van der Waals surface area contributed by atoms with Crippen molar-refractivity contribution in [3.63, 3.8) is 0 Å². The molecule has 0 spiro atoms. The molecular formula is C21H31AsO7. The van der Waals surface area contributed by atoms with Crippen LogP contribution in [0.15, 0.2) is 23.3 Å². The van der Waals surface area contributed by atoms with Crippen molar-refractivity contribution in [1.29, 1.82) is 0 Å². The number of aliphatic hydroxyl groups is 1. The van der Waals surface area contributed by atoms with Crippen LogP contribution in [0.5, 0.6) is 0 Å². The molecule has 1 saturated carbocycles. The average Bonchev–Trinajstić information content (AvgIpc) is 3.02. The number of rotatable bonds is 4. The van der Waals surface area contributed by atoms with Gasteiger partial charge in [-0.15, -0.1) is 0 Å². The fraction of sp³-hybridized carbons (Fsp3) is 0.667. The first-order valence-electron chi connectivity index (χ1n) is 9.84. The van der Waals surface area contributed by atoms with E-state index < -0.39 is 32.2 Å². The maximum atomic E-state index is 12.4. The molecule has 5 atom stereocenters. The predicted octanol–water partition coefficient (Wildman–Crippen LogP) is 2.88. The second-order valence-corrected chi connectivity index (χ2v) is 13.9. The Morgan fingerprint density at radius 2 is 1.79 bits per heavy atom. The van der Waals surface area contributed by atoms with Gasteiger partial charge in [0, 0.05) is 12.2 Å². The van der Waals surface area contributed by atoms with Crippen molar-refractivity contribution in [2.45, 2.75) is 67.9 Å². The maximum absolute atomic E-state index is 12.4. The van der Waals surface area contributed by atoms with Gasteiger partial charge in [-0.1, -0.05) is 0 Å². The summed E-state index contributed by atoms with van der Waals surface area (Å²) in [5, 5.41) is 27.5. The third kappa shape index (κ3) is 5.73. The van der Waals surface area contributed by atoms with E-state index in [1.165, 1.54) is 11.1 Å². The number of carboxylic acid groups (broad SMARTS) is 2. The zero-order chi connectivity index (χ0) is 21.9. The quantitative estimate of drug-likeness (QED) is 0.250. The van der Waals surface area contributed by atoms with E-state index in [9.17, 15) is 19.5 Å². The van der Waals surface area contributed by atoms with Gasteiger partial charge in [-0.3, -0.25) is 0 Å². The molecule has 1 saturated heterocycles. The van der Waals surface area contributed by atoms with Gasteiger partial charge >= 0.3 is 144 Å². The molecule has 8 heteroatoms. The molecule has 2 fully saturated rings. The third-order valence-corrected chi connectivity index (χ3v) is 8.46. The summed E-state index contributed by atoms with van der Waals surface area (Å²) in [5.74, 6) is -2.06. The predicted molar refractivity (Wildman–Crippen MR) is 109 cm³/mol. The molecule has 0 unspecified atom stereocenters. The molecule has 3 N–H and O–H groups in total. The Hall–Kier alpha value is -1.59. The second kappa shape index (κ2) is 9.48. The summed E-state index contributed by atoms with van der Waals surface area (Å²) in [6.07, 6.45) is 4.91. The number of hydrogen-bond acceptors (Lipinski definition) is 5. The van der Waals surface area contributed by atoms with Gasteiger partial charge in [0.25, 0.3) is 0 Å². The van der Waals surface area contributed by atoms with Crippen LogP contribution in [-0.2, 0) is 19.1 Å². The molecule has 0 amide bonds. The smallest absolute Gasteiger partial charge is 0.328 e. The number of allylic oxidation sites excluding steroid dienone is 1. The molecular weight excluding hydrogens is 439 g/mol. The number of hydrogen-bond donors (Lipinski definition) is 3. The van der Waals surface area contributed by atoms with E-state index in [-0.39, 0.29) is 23.9 Å². The van der Waals surface area contributed by atoms with Crippen LogP contribution >= 0.6 is 0 Å². The molecule has 3 aliphatic rings. The Labute approximate surface area is 176 Å². The van der Waals surface area contributed by atoms with Crippen LogP contribution < -0.4 is 0 Å². The number of carbonyl (C=O) groups is 3. The van der Waals surface area contributed by atoms with Crippen LogP contribution in [-0.4, -0.2) is 59.6 Å². The summed E-state index contributed by atoms with van der Waals surface area (Å²) < 4.78 is 5.85. The normalized spacial score (nSPS) is 33.7. The monoisotopic (exact) mass is 470 g/mol. The van der Waals surface area contributed by atoms with Gasteiger partial charge in [-0.05, 0) is 0 Å². The van der Waals surface area contributed by atoms with Gasteiger partial charge in [-0.25, -0.2) is 9.59 Å². The van der Waals surface area contributed by atoms with Crippen LogP contribution in [0.3, 0.4) is 0 Å². The van der Waals surface area contributed by atoms with Crippen LogP contribution in [0.1, 0.15) is 39.5 Å². The largest absolute Gasteiger partial charge is 0.478 e. The molecule has 1 aliphatic heterocycles. The number of ether oxygens (including phenoxy) is 1. The van der Waals surface area contributed by atoms with Crippen molar-refractivity contribution in [2.75, 3.05) is 0 Å². The van der Waals surface area contributed by atoms with E-state index in [0.29, 0.717) is 18.1 Å². The molecule has 1 heterocycles. The summed E-state index contributed by atoms with van der Waals surface area (Å²) in [6, 6.07) is 0. The van der Waals surface area contributed by atoms with Crippen LogP contribution in [0.2, 0.25) is 16.6 Å². The third-order valence-electron chi connectivity index (χ3n) is 6.10. The summed E-state index contributed by atoms with van der Waals surface area (Å²) in [7, 11) is 0. The van der Waals surface area contributed by atoms with Gasteiger partial charge < -0.3 is 10.2 Å². The van der Waals surface area contributed by atoms with Gasteiger partial charge in [0.2, 0.25) is 0 Å². The van der Waals surface area contributed by atoms with Crippen molar-refractivity contribution in [3.8, 4) is 0 Å². The minimum absolute atomic E-state index is 0.00896. The summed E-state index contributed by atoms with van der Waals surface area (Å²) in [4.78, 5) is 31.5. The molecule has 162 valence electrons. The number of esters is 1. The van der Waals surface area contributed by atoms with Crippen LogP contribution in [0, 0.1) is 17.8 Å². The van der Waals surface area contributed by atoms with Gasteiger partial charge in [-0.2, -0.15) is 0 Å². The molecule has 2 aliphatic carbocycles. The summed E-state index contributed by atoms with van der Waals surface area (Å²) in [6.45, 7) is 4.14. The van der Waals surface area contributed by atoms with Crippen LogP contribution in [0.4, 0.5) is 0 Å². The maximum Gasteiger partial charge on any atom is 0.328 e. The van der Waals surface area contributed by atoms with Crippen molar-refractivity contribution in [1.82, 2.24) is 0 Å². The Balaban J connectivity index is 0.000000321. The Morgan fingerprint density at radius 1 is 1.21 bits per heavy atom. The van der Waals surface area contributed by atoms with Gasteiger partial charge in [0.1, 0.15) is 0 Å². The number of carbonyl (C=O) groups excluding carboxylic acids is 1. The fourth-order valence-electron chi connectivity index (χ4n) is 4.79. The molecule has 0 aromatic carbocycles. The van der Waals surface area contributed by atoms with Gasteiger partial charge in [0.05, 0.1) is 0 Å². The van der Waals surface area contributed by atoms with E-state index in [4.69, 9.17) is 14.9 Å². The van der Waals surface area contributed by atoms with E-state index in [0.717, 1.165) is 30.9 Å². The SMILES string of the molecule is CC1=C2CC[C@@](C)(O)[C@@H]2[C@H]2OC(=O)[C@H](C[As](C)C)[C@@H]2CC1.O=C(O)/C=C/C(=O)O. The van der Waals surface area contributed by atoms with E-state index >= 15 is 0 Å². The molecule has 0 aromatic rings. The van der Waals surface area contributed by atoms with Crippen molar-refractivity contribution < 1.29 is 34.4 Å². The summed E-state index contributed by atoms with van der Waals surface area (Å²) in [5.41, 5.74) is 6.72. The minimum atomic E-state index is -1.26. The zero-order valence-electron chi connectivity index (χ0n) is 17.4. The fourth-order valence-corrected chi connectivity index (χ4v) is 7.32. The van der Waals surface area contributed by atoms with E-state index in [2.05, 4.69) is 18.3 Å². The topological polar surface area (TPSA) is 121 Å². The number of fused-ring (bicyclic) bond motifs is 3. The Morgan fingerprint density at radius 3 is 2.31 bits per heavy atom. The molecule has 0 radical (unpaired) electrons. The standard InChI is InChI=1S/C17H27AsO3.C4H4O4/c1-10-5-6-12-13(9-18(3)4)16(19)21-15(12)14-11(10)7-8-17(14,2)20;5-3(6)1-2-4(7)8/h12-15,20H,5-9H2,1-4H3;1-2H,(H,5,6)(H,7,8)/b;2-1+/t12-,13+,14-,15-,17+;/m0./s1. The zero-order valence-corrected chi connectivity index (χ0v) is 19.3. The first kappa shape index (κ1) is 23.7. The Bertz CT molecular complexity index is 707. The molecule has 29 heavy (non-hydrogen) atoms. The first-order valence-corrected chi connectivity index (χ1v) is 14.9. The molecule has 7 nitrogen and oxygen atoms in total. The van der Waals surface area contributed by atoms with Crippen LogP contribution in [0.25, 0.3) is 0 Å². The summed E-state index contributed by atoms with van der Waals surface area (Å²) >= 11 is -0.864. The van der Waals surface area contributed by atoms with Crippen molar-refractivity contribution in [3.05, 3.63) is 23.3 Å².